The molecule has 0 spiro atoms. The number of hydrogen-bond donors (Lipinski definition) is 2. The Bertz CT molecular complexity index is 208. The van der Waals surface area contributed by atoms with Crippen molar-refractivity contribution < 1.29 is 19.8 Å². The molecule has 0 rings (SSSR count). The maximum atomic E-state index is 9.65. The first kappa shape index (κ1) is 14.4. The molecule has 5 heteroatoms. The molecule has 0 aromatic heterocycles. The van der Waals surface area contributed by atoms with E-state index in [0.717, 1.165) is 12.2 Å². The molecule has 0 fully saturated rings. The van der Waals surface area contributed by atoms with Crippen LogP contribution in [0, 0.1) is 0 Å². The lowest BCUT2D eigenvalue weighted by atomic mass is 10.5. The molecule has 0 aliphatic rings. The number of halogens is 1. The second-order valence-corrected chi connectivity index (χ2v) is 2.38. The van der Waals surface area contributed by atoms with Crippen molar-refractivity contribution in [3.8, 4) is 0 Å². The Morgan fingerprint density at radius 1 is 1.23 bits per heavy atom. The molecule has 0 heterocycles. The Kier molecular flexibility index (Phi) is 12.1. The van der Waals surface area contributed by atoms with Crippen molar-refractivity contribution in [2.75, 3.05) is 5.33 Å². The van der Waals surface area contributed by atoms with Crippen molar-refractivity contribution in [3.63, 3.8) is 0 Å². The predicted molar refractivity (Wildman–Crippen MR) is 53.0 cm³/mol. The SMILES string of the molecule is C/C=C/C(=O)O.O=C(O)/C=C/CBr. The first-order chi connectivity index (χ1) is 6.04. The summed E-state index contributed by atoms with van der Waals surface area (Å²) >= 11 is 3.03. The summed E-state index contributed by atoms with van der Waals surface area (Å²) in [6.45, 7) is 1.66. The van der Waals surface area contributed by atoms with Crippen LogP contribution in [-0.2, 0) is 9.59 Å². The molecule has 0 aromatic rings. The third kappa shape index (κ3) is 24.8. The maximum Gasteiger partial charge on any atom is 0.328 e. The first-order valence-electron chi connectivity index (χ1n) is 3.35. The van der Waals surface area contributed by atoms with E-state index in [1.54, 1.807) is 6.92 Å². The number of allylic oxidation sites excluding steroid dienone is 2. The highest BCUT2D eigenvalue weighted by molar-refractivity contribution is 9.09. The molecular weight excluding hydrogens is 240 g/mol. The molecule has 4 nitrogen and oxygen atoms in total. The van der Waals surface area contributed by atoms with Crippen molar-refractivity contribution in [3.05, 3.63) is 24.3 Å². The monoisotopic (exact) mass is 250 g/mol. The van der Waals surface area contributed by atoms with Crippen LogP contribution in [0.3, 0.4) is 0 Å². The van der Waals surface area contributed by atoms with E-state index >= 15 is 0 Å². The summed E-state index contributed by atoms with van der Waals surface area (Å²) in [5.41, 5.74) is 0. The molecule has 0 radical (unpaired) electrons. The molecule has 0 aliphatic carbocycles. The molecular formula is C8H11BrO4. The number of rotatable bonds is 3. The summed E-state index contributed by atoms with van der Waals surface area (Å²) in [7, 11) is 0. The molecule has 0 saturated heterocycles. The van der Waals surface area contributed by atoms with E-state index in [2.05, 4.69) is 15.9 Å². The summed E-state index contributed by atoms with van der Waals surface area (Å²) in [6, 6.07) is 0. The van der Waals surface area contributed by atoms with Gasteiger partial charge in [0.25, 0.3) is 0 Å². The van der Waals surface area contributed by atoms with E-state index in [-0.39, 0.29) is 0 Å². The molecule has 0 aliphatic heterocycles. The van der Waals surface area contributed by atoms with Gasteiger partial charge in [-0.1, -0.05) is 28.1 Å². The summed E-state index contributed by atoms with van der Waals surface area (Å²) < 4.78 is 0. The van der Waals surface area contributed by atoms with Crippen LogP contribution < -0.4 is 0 Å². The zero-order chi connectivity index (χ0) is 10.7. The van der Waals surface area contributed by atoms with Gasteiger partial charge in [-0.15, -0.1) is 0 Å². The molecule has 0 bridgehead atoms. The van der Waals surface area contributed by atoms with Crippen molar-refractivity contribution in [2.24, 2.45) is 0 Å². The lowest BCUT2D eigenvalue weighted by molar-refractivity contribution is -0.132. The van der Waals surface area contributed by atoms with E-state index in [4.69, 9.17) is 10.2 Å². The number of carboxylic acid groups (broad SMARTS) is 2. The molecule has 13 heavy (non-hydrogen) atoms. The molecule has 74 valence electrons. The van der Waals surface area contributed by atoms with Gasteiger partial charge >= 0.3 is 11.9 Å². The van der Waals surface area contributed by atoms with Gasteiger partial charge in [0.05, 0.1) is 0 Å². The Balaban J connectivity index is 0. The van der Waals surface area contributed by atoms with Crippen LogP contribution >= 0.6 is 15.9 Å². The van der Waals surface area contributed by atoms with Crippen molar-refractivity contribution >= 4 is 27.9 Å². The summed E-state index contributed by atoms with van der Waals surface area (Å²) in [5, 5.41) is 16.4. The zero-order valence-electron chi connectivity index (χ0n) is 7.11. The zero-order valence-corrected chi connectivity index (χ0v) is 8.69. The summed E-state index contributed by atoms with van der Waals surface area (Å²) in [5.74, 6) is -1.79. The van der Waals surface area contributed by atoms with Gasteiger partial charge in [-0.3, -0.25) is 0 Å². The highest BCUT2D eigenvalue weighted by atomic mass is 79.9. The fraction of sp³-hybridized carbons (Fsp3) is 0.250. The second kappa shape index (κ2) is 10.9. The van der Waals surface area contributed by atoms with Gasteiger partial charge in [-0.05, 0) is 6.92 Å². The molecule has 0 aromatic carbocycles. The molecule has 0 atom stereocenters. The van der Waals surface area contributed by atoms with Gasteiger partial charge < -0.3 is 10.2 Å². The summed E-state index contributed by atoms with van der Waals surface area (Å²) in [6.07, 6.45) is 5.17. The molecule has 2 N–H and O–H groups in total. The van der Waals surface area contributed by atoms with E-state index in [1.807, 2.05) is 0 Å². The van der Waals surface area contributed by atoms with Crippen molar-refractivity contribution in [1.29, 1.82) is 0 Å². The largest absolute Gasteiger partial charge is 0.478 e. The van der Waals surface area contributed by atoms with Gasteiger partial charge in [0.1, 0.15) is 0 Å². The number of carboxylic acids is 2. The lowest BCUT2D eigenvalue weighted by Gasteiger charge is -1.72. The van der Waals surface area contributed by atoms with Crippen LogP contribution in [-0.4, -0.2) is 27.5 Å². The number of hydrogen-bond acceptors (Lipinski definition) is 2. The Morgan fingerprint density at radius 2 is 1.69 bits per heavy atom. The van der Waals surface area contributed by atoms with Crippen LogP contribution in [0.4, 0.5) is 0 Å². The third-order valence-corrected chi connectivity index (χ3v) is 1.03. The van der Waals surface area contributed by atoms with Crippen molar-refractivity contribution in [2.45, 2.75) is 6.92 Å². The smallest absolute Gasteiger partial charge is 0.328 e. The van der Waals surface area contributed by atoms with E-state index in [1.165, 1.54) is 12.2 Å². The normalized spacial score (nSPS) is 9.69. The summed E-state index contributed by atoms with van der Waals surface area (Å²) in [4.78, 5) is 19.2. The second-order valence-electron chi connectivity index (χ2n) is 1.73. The van der Waals surface area contributed by atoms with Gasteiger partial charge in [-0.25, -0.2) is 9.59 Å². The molecule has 0 amide bonds. The number of carbonyl (C=O) groups is 2. The van der Waals surface area contributed by atoms with Crippen LogP contribution in [0.5, 0.6) is 0 Å². The maximum absolute atomic E-state index is 9.65. The van der Waals surface area contributed by atoms with Crippen LogP contribution in [0.15, 0.2) is 24.3 Å². The highest BCUT2D eigenvalue weighted by Gasteiger charge is 1.79. The minimum absolute atomic E-state index is 0.597. The molecule has 0 saturated carbocycles. The van der Waals surface area contributed by atoms with Gasteiger partial charge in [0.15, 0.2) is 0 Å². The average Bonchev–Trinajstić information content (AvgIpc) is 2.01. The van der Waals surface area contributed by atoms with E-state index in [9.17, 15) is 9.59 Å². The third-order valence-electron chi connectivity index (χ3n) is 0.659. The standard InChI is InChI=1S/C4H5BrO2.C4H6O2/c5-3-1-2-4(6)7;1-2-3-4(5)6/h1-2H,3H2,(H,6,7);2-3H,1H3,(H,5,6)/b2-1+;3-2+. The van der Waals surface area contributed by atoms with E-state index in [0.29, 0.717) is 5.33 Å². The highest BCUT2D eigenvalue weighted by Crippen LogP contribution is 1.79. The Morgan fingerprint density at radius 3 is 1.77 bits per heavy atom. The average molecular weight is 251 g/mol. The minimum atomic E-state index is -0.903. The fourth-order valence-corrected chi connectivity index (χ4v) is 0.475. The Labute approximate surface area is 84.7 Å². The quantitative estimate of drug-likeness (QED) is 0.591. The fourth-order valence-electron chi connectivity index (χ4n) is 0.288. The van der Waals surface area contributed by atoms with Crippen molar-refractivity contribution in [1.82, 2.24) is 0 Å². The van der Waals surface area contributed by atoms with Crippen LogP contribution in [0.2, 0.25) is 0 Å². The van der Waals surface area contributed by atoms with E-state index < -0.39 is 11.9 Å². The Hall–Kier alpha value is -1.10. The number of aliphatic carboxylic acids is 2. The lowest BCUT2D eigenvalue weighted by Crippen LogP contribution is -1.84. The topological polar surface area (TPSA) is 74.6 Å². The van der Waals surface area contributed by atoms with Gasteiger partial charge in [0, 0.05) is 17.5 Å². The first-order valence-corrected chi connectivity index (χ1v) is 4.47. The van der Waals surface area contributed by atoms with Crippen LogP contribution in [0.1, 0.15) is 6.92 Å². The van der Waals surface area contributed by atoms with Gasteiger partial charge in [0.2, 0.25) is 0 Å². The molecule has 0 unspecified atom stereocenters. The van der Waals surface area contributed by atoms with Crippen LogP contribution in [0.25, 0.3) is 0 Å². The van der Waals surface area contributed by atoms with Gasteiger partial charge in [-0.2, -0.15) is 0 Å². The minimum Gasteiger partial charge on any atom is -0.478 e. The number of alkyl halides is 1. The predicted octanol–water partition coefficient (Wildman–Crippen LogP) is 1.67.